The Balaban J connectivity index is 1.14. The molecule has 2 aromatic heterocycles. The molecule has 5 aromatic carbocycles. The third-order valence-corrected chi connectivity index (χ3v) is 13.5. The molecule has 1 aliphatic heterocycles. The molecule has 3 heterocycles. The van der Waals surface area contributed by atoms with Gasteiger partial charge in [-0.25, -0.2) is 0 Å². The minimum Gasteiger partial charge on any atom is -0.376 e. The Morgan fingerprint density at radius 1 is 0.481 bits per heavy atom. The Labute approximate surface area is 330 Å². The monoisotopic (exact) mass is 768 g/mol. The molecule has 274 valence electrons. The Bertz CT molecular complexity index is 2120. The number of hydrogen-bond donors (Lipinski definition) is 0. The normalized spacial score (nSPS) is 20.0. The van der Waals surface area contributed by atoms with Crippen LogP contribution in [0.25, 0.3) is 9.40 Å². The number of thiophene rings is 2. The van der Waals surface area contributed by atoms with Crippen molar-refractivity contribution in [2.24, 2.45) is 0 Å². The minimum absolute atomic E-state index is 0.0208. The molecular formula is C47H44O4S3. The Morgan fingerprint density at radius 2 is 1.02 bits per heavy atom. The maximum atomic E-state index is 7.07. The van der Waals surface area contributed by atoms with Gasteiger partial charge in [0.05, 0.1) is 47.5 Å². The molecule has 0 radical (unpaired) electrons. The second kappa shape index (κ2) is 18.5. The Morgan fingerprint density at radius 3 is 1.61 bits per heavy atom. The molecule has 0 N–H and O–H groups in total. The van der Waals surface area contributed by atoms with Crippen LogP contribution < -0.4 is 0 Å². The van der Waals surface area contributed by atoms with Crippen molar-refractivity contribution < 1.29 is 18.9 Å². The first-order valence-corrected chi connectivity index (χ1v) is 21.2. The molecule has 0 unspecified atom stereocenters. The topological polar surface area (TPSA) is 36.9 Å². The van der Waals surface area contributed by atoms with Gasteiger partial charge in [0.25, 0.3) is 0 Å². The Kier molecular flexibility index (Phi) is 12.7. The highest BCUT2D eigenvalue weighted by atomic mass is 32.2. The van der Waals surface area contributed by atoms with Gasteiger partial charge in [-0.05, 0) is 50.9 Å². The van der Waals surface area contributed by atoms with Gasteiger partial charge < -0.3 is 18.9 Å². The number of benzene rings is 5. The highest BCUT2D eigenvalue weighted by Crippen LogP contribution is 2.47. The average molecular weight is 769 g/mol. The van der Waals surface area contributed by atoms with Gasteiger partial charge >= 0.3 is 0 Å². The molecule has 54 heavy (non-hydrogen) atoms. The van der Waals surface area contributed by atoms with E-state index < -0.39 is 0 Å². The zero-order valence-corrected chi connectivity index (χ0v) is 32.5. The molecular weight excluding hydrogens is 725 g/mol. The lowest BCUT2D eigenvalue weighted by Crippen LogP contribution is -2.54. The molecule has 0 spiro atoms. The fourth-order valence-corrected chi connectivity index (χ4v) is 10.9. The van der Waals surface area contributed by atoms with E-state index >= 15 is 0 Å². The van der Waals surface area contributed by atoms with Gasteiger partial charge in [0.2, 0.25) is 0 Å². The summed E-state index contributed by atoms with van der Waals surface area (Å²) >= 11 is 5.62. The molecule has 0 bridgehead atoms. The zero-order valence-electron chi connectivity index (χ0n) is 30.1. The molecule has 1 fully saturated rings. The van der Waals surface area contributed by atoms with Crippen LogP contribution in [0.4, 0.5) is 0 Å². The van der Waals surface area contributed by atoms with E-state index in [9.17, 15) is 0 Å². The number of ether oxygens (including phenoxy) is 4. The largest absolute Gasteiger partial charge is 0.376 e. The molecule has 7 aromatic rings. The van der Waals surface area contributed by atoms with Crippen molar-refractivity contribution in [2.75, 3.05) is 6.61 Å². The third kappa shape index (κ3) is 9.60. The van der Waals surface area contributed by atoms with E-state index in [4.69, 9.17) is 18.9 Å². The van der Waals surface area contributed by atoms with E-state index in [1.54, 1.807) is 0 Å². The van der Waals surface area contributed by atoms with Crippen molar-refractivity contribution in [2.45, 2.75) is 61.7 Å². The van der Waals surface area contributed by atoms with Gasteiger partial charge in [0.1, 0.15) is 18.3 Å². The predicted octanol–water partition coefficient (Wildman–Crippen LogP) is 11.7. The smallest absolute Gasteiger partial charge is 0.113 e. The van der Waals surface area contributed by atoms with Crippen molar-refractivity contribution in [3.63, 3.8) is 0 Å². The summed E-state index contributed by atoms with van der Waals surface area (Å²) in [7, 11) is 0. The lowest BCUT2D eigenvalue weighted by Gasteiger charge is -2.46. The summed E-state index contributed by atoms with van der Waals surface area (Å²) in [4.78, 5) is 1.38. The van der Waals surface area contributed by atoms with Crippen molar-refractivity contribution in [3.8, 4) is 0 Å². The van der Waals surface area contributed by atoms with E-state index in [0.29, 0.717) is 33.0 Å². The van der Waals surface area contributed by atoms with Crippen molar-refractivity contribution in [1.29, 1.82) is 0 Å². The summed E-state index contributed by atoms with van der Waals surface area (Å²) in [5.41, 5.74) is 7.05. The van der Waals surface area contributed by atoms with E-state index in [1.807, 2.05) is 58.7 Å². The zero-order chi connectivity index (χ0) is 36.4. The van der Waals surface area contributed by atoms with E-state index in [2.05, 4.69) is 139 Å². The first-order chi connectivity index (χ1) is 26.7. The van der Waals surface area contributed by atoms with Crippen LogP contribution >= 0.6 is 34.4 Å². The number of rotatable bonds is 16. The van der Waals surface area contributed by atoms with Crippen LogP contribution in [0.3, 0.4) is 0 Å². The van der Waals surface area contributed by atoms with Crippen LogP contribution in [-0.2, 0) is 51.8 Å². The summed E-state index contributed by atoms with van der Waals surface area (Å²) in [5, 5.41) is 3.47. The van der Waals surface area contributed by atoms with Crippen LogP contribution in [0.2, 0.25) is 0 Å². The first kappa shape index (κ1) is 36.9. The van der Waals surface area contributed by atoms with Gasteiger partial charge in [0, 0.05) is 16.7 Å². The molecule has 5 atom stereocenters. The molecule has 7 heteroatoms. The quantitative estimate of drug-likeness (QED) is 0.0979. The van der Waals surface area contributed by atoms with Crippen LogP contribution in [0, 0.1) is 0 Å². The third-order valence-electron chi connectivity index (χ3n) is 9.74. The first-order valence-electron chi connectivity index (χ1n) is 18.5. The van der Waals surface area contributed by atoms with Crippen molar-refractivity contribution in [3.05, 3.63) is 201 Å². The van der Waals surface area contributed by atoms with Crippen LogP contribution in [0.5, 0.6) is 0 Å². The Hall–Kier alpha value is -4.05. The average Bonchev–Trinajstić information content (AvgIpc) is 3.83. The van der Waals surface area contributed by atoms with E-state index in [1.165, 1.54) is 25.4 Å². The van der Waals surface area contributed by atoms with Gasteiger partial charge in [0.15, 0.2) is 0 Å². The number of thioether (sulfide) groups is 1. The summed E-state index contributed by atoms with van der Waals surface area (Å²) in [6.45, 7) is 2.44. The van der Waals surface area contributed by atoms with Crippen LogP contribution in [0.1, 0.15) is 43.5 Å². The SMILES string of the molecule is c1ccc(COC[C@H]2S[C@@H](c3cccc(Cc4cc5ccsc5s4)c3)[C@H](OCc3ccccc3)[C@@H](OCc3ccccc3)[C@@H]2OCc2ccccc2)cc1. The van der Waals surface area contributed by atoms with Gasteiger partial charge in [-0.1, -0.05) is 146 Å². The van der Waals surface area contributed by atoms with Gasteiger partial charge in [-0.2, -0.15) is 0 Å². The molecule has 0 saturated carbocycles. The highest BCUT2D eigenvalue weighted by Gasteiger charge is 2.48. The maximum Gasteiger partial charge on any atom is 0.113 e. The fraction of sp³-hybridized carbons (Fsp3) is 0.234. The van der Waals surface area contributed by atoms with Gasteiger partial charge in [-0.15, -0.1) is 34.4 Å². The second-order valence-corrected chi connectivity index (χ2v) is 17.4. The molecule has 1 aliphatic rings. The molecule has 0 aliphatic carbocycles. The summed E-state index contributed by atoms with van der Waals surface area (Å²) in [5.74, 6) is 0. The number of hydrogen-bond acceptors (Lipinski definition) is 7. The lowest BCUT2D eigenvalue weighted by atomic mass is 9.94. The summed E-state index contributed by atoms with van der Waals surface area (Å²) in [6.07, 6.45) is -0.0731. The van der Waals surface area contributed by atoms with Crippen molar-refractivity contribution in [1.82, 2.24) is 0 Å². The molecule has 4 nitrogen and oxygen atoms in total. The second-order valence-electron chi connectivity index (χ2n) is 13.7. The highest BCUT2D eigenvalue weighted by molar-refractivity contribution is 8.00. The van der Waals surface area contributed by atoms with E-state index in [0.717, 1.165) is 28.7 Å². The summed E-state index contributed by atoms with van der Waals surface area (Å²) in [6, 6.07) is 55.3. The predicted molar refractivity (Wildman–Crippen MR) is 224 cm³/mol. The molecule has 8 rings (SSSR count). The van der Waals surface area contributed by atoms with Crippen LogP contribution in [0.15, 0.2) is 163 Å². The van der Waals surface area contributed by atoms with Gasteiger partial charge in [-0.3, -0.25) is 0 Å². The molecule has 0 amide bonds. The fourth-order valence-electron chi connectivity index (χ4n) is 7.04. The lowest BCUT2D eigenvalue weighted by molar-refractivity contribution is -0.160. The summed E-state index contributed by atoms with van der Waals surface area (Å²) < 4.78 is 29.0. The maximum absolute atomic E-state index is 7.07. The molecule has 1 saturated heterocycles. The van der Waals surface area contributed by atoms with Crippen molar-refractivity contribution >= 4 is 43.8 Å². The van der Waals surface area contributed by atoms with E-state index in [-0.39, 0.29) is 28.8 Å². The van der Waals surface area contributed by atoms with Crippen LogP contribution in [-0.4, -0.2) is 30.2 Å². The minimum atomic E-state index is -0.373. The number of fused-ring (bicyclic) bond motifs is 1. The standard InChI is InChI=1S/C47H44O4S3/c1-5-14-34(15-6-1)29-48-33-42-43(49-30-35-16-7-2-8-17-35)44(50-31-36-18-9-3-10-19-36)45(51-32-37-20-11-4-12-21-37)46(54-42)39-23-13-22-38(26-39)27-41-28-40-24-25-52-47(40)53-41/h1-26,28,42-46H,27,29-33H2/t42-,43-,44+,45-,46+/m1/s1.